The molecule has 0 fully saturated rings. The fraction of sp³-hybridized carbons (Fsp3) is 0.130. The summed E-state index contributed by atoms with van der Waals surface area (Å²) in [5.41, 5.74) is 2.08. The highest BCUT2D eigenvalue weighted by molar-refractivity contribution is 9.10. The lowest BCUT2D eigenvalue weighted by molar-refractivity contribution is 0.0951. The number of nitrogens with one attached hydrogen (secondary N) is 2. The van der Waals surface area contributed by atoms with Crippen molar-refractivity contribution in [1.29, 1.82) is 0 Å². The molecule has 0 radical (unpaired) electrons. The molecule has 0 aliphatic rings. The van der Waals surface area contributed by atoms with Gasteiger partial charge in [-0.15, -0.1) is 0 Å². The number of para-hydroxylation sites is 1. The molecular weight excluding hydrogens is 448 g/mol. The van der Waals surface area contributed by atoms with E-state index in [1.807, 2.05) is 12.1 Å². The minimum atomic E-state index is -0.309. The topological polar surface area (TPSA) is 76.7 Å². The van der Waals surface area contributed by atoms with Gasteiger partial charge >= 0.3 is 0 Å². The highest BCUT2D eigenvalue weighted by Gasteiger charge is 2.16. The Balaban J connectivity index is 1.75. The van der Waals surface area contributed by atoms with Gasteiger partial charge in [0.25, 0.3) is 11.8 Å². The van der Waals surface area contributed by atoms with Gasteiger partial charge in [0.2, 0.25) is 0 Å². The van der Waals surface area contributed by atoms with Crippen LogP contribution in [0.25, 0.3) is 0 Å². The van der Waals surface area contributed by atoms with Crippen molar-refractivity contribution in [2.45, 2.75) is 6.54 Å². The van der Waals surface area contributed by atoms with Gasteiger partial charge in [0.05, 0.1) is 31.0 Å². The van der Waals surface area contributed by atoms with Crippen molar-refractivity contribution < 1.29 is 19.1 Å². The minimum Gasteiger partial charge on any atom is -0.497 e. The Bertz CT molecular complexity index is 1070. The minimum absolute atomic E-state index is 0.262. The normalized spacial score (nSPS) is 10.2. The number of carbonyl (C=O) groups is 2. The molecule has 3 aromatic rings. The number of rotatable bonds is 7. The maximum atomic E-state index is 12.8. The van der Waals surface area contributed by atoms with Crippen LogP contribution in [0.4, 0.5) is 5.69 Å². The van der Waals surface area contributed by atoms with Gasteiger partial charge in [-0.3, -0.25) is 9.59 Å². The third-order valence-electron chi connectivity index (χ3n) is 4.47. The molecule has 3 rings (SSSR count). The second-order valence-corrected chi connectivity index (χ2v) is 7.19. The van der Waals surface area contributed by atoms with Crippen molar-refractivity contribution in [2.24, 2.45) is 0 Å². The molecule has 30 heavy (non-hydrogen) atoms. The molecule has 0 unspecified atom stereocenters. The zero-order valence-electron chi connectivity index (χ0n) is 16.6. The van der Waals surface area contributed by atoms with E-state index in [9.17, 15) is 9.59 Å². The first kappa shape index (κ1) is 21.4. The SMILES string of the molecule is COc1ccc(CNC(=O)c2ccccc2NC(=O)c2ccccc2Br)c(OC)c1. The fourth-order valence-corrected chi connectivity index (χ4v) is 3.36. The number of ether oxygens (including phenoxy) is 2. The molecule has 0 atom stereocenters. The molecule has 3 aromatic carbocycles. The summed E-state index contributed by atoms with van der Waals surface area (Å²) >= 11 is 3.37. The Morgan fingerprint density at radius 1 is 0.867 bits per heavy atom. The second kappa shape index (κ2) is 9.93. The predicted molar refractivity (Wildman–Crippen MR) is 119 cm³/mol. The van der Waals surface area contributed by atoms with Crippen LogP contribution in [-0.4, -0.2) is 26.0 Å². The lowest BCUT2D eigenvalue weighted by atomic mass is 10.1. The van der Waals surface area contributed by atoms with E-state index in [4.69, 9.17) is 9.47 Å². The molecule has 154 valence electrons. The van der Waals surface area contributed by atoms with Gasteiger partial charge in [-0.1, -0.05) is 24.3 Å². The molecule has 2 N–H and O–H groups in total. The Morgan fingerprint density at radius 2 is 1.57 bits per heavy atom. The molecular formula is C23H21BrN2O4. The number of anilines is 1. The number of benzene rings is 3. The average molecular weight is 469 g/mol. The number of methoxy groups -OCH3 is 2. The summed E-state index contributed by atoms with van der Waals surface area (Å²) in [6.45, 7) is 0.262. The van der Waals surface area contributed by atoms with Crippen LogP contribution in [0.15, 0.2) is 71.2 Å². The van der Waals surface area contributed by atoms with Crippen molar-refractivity contribution in [3.63, 3.8) is 0 Å². The molecule has 6 nitrogen and oxygen atoms in total. The third-order valence-corrected chi connectivity index (χ3v) is 5.16. The largest absolute Gasteiger partial charge is 0.497 e. The predicted octanol–water partition coefficient (Wildman–Crippen LogP) is 4.65. The summed E-state index contributed by atoms with van der Waals surface area (Å²) in [5, 5.41) is 5.69. The van der Waals surface area contributed by atoms with Crippen LogP contribution in [0.5, 0.6) is 11.5 Å². The molecule has 0 aromatic heterocycles. The van der Waals surface area contributed by atoms with E-state index in [1.54, 1.807) is 68.8 Å². The van der Waals surface area contributed by atoms with E-state index < -0.39 is 0 Å². The number of hydrogen-bond acceptors (Lipinski definition) is 4. The number of hydrogen-bond donors (Lipinski definition) is 2. The van der Waals surface area contributed by atoms with E-state index in [0.29, 0.717) is 32.8 Å². The first-order valence-electron chi connectivity index (χ1n) is 9.17. The first-order valence-corrected chi connectivity index (χ1v) is 9.96. The lowest BCUT2D eigenvalue weighted by Gasteiger charge is -2.14. The summed E-state index contributed by atoms with van der Waals surface area (Å²) in [6.07, 6.45) is 0. The number of amides is 2. The van der Waals surface area contributed by atoms with Crippen LogP contribution in [0, 0.1) is 0 Å². The van der Waals surface area contributed by atoms with Crippen molar-refractivity contribution in [2.75, 3.05) is 19.5 Å². The lowest BCUT2D eigenvalue weighted by Crippen LogP contribution is -2.25. The standard InChI is InChI=1S/C23H21BrN2O4/c1-29-16-12-11-15(21(13-16)30-2)14-25-22(27)18-8-4-6-10-20(18)26-23(28)17-7-3-5-9-19(17)24/h3-13H,14H2,1-2H3,(H,25,27)(H,26,28). The molecule has 7 heteroatoms. The Labute approximate surface area is 183 Å². The van der Waals surface area contributed by atoms with E-state index in [2.05, 4.69) is 26.6 Å². The van der Waals surface area contributed by atoms with E-state index in [-0.39, 0.29) is 18.4 Å². The second-order valence-electron chi connectivity index (χ2n) is 6.34. The number of carbonyl (C=O) groups excluding carboxylic acids is 2. The van der Waals surface area contributed by atoms with Gasteiger partial charge in [0, 0.05) is 22.6 Å². The van der Waals surface area contributed by atoms with Crippen LogP contribution in [0.3, 0.4) is 0 Å². The van der Waals surface area contributed by atoms with E-state index in [1.165, 1.54) is 0 Å². The summed E-state index contributed by atoms with van der Waals surface area (Å²) in [7, 11) is 3.14. The van der Waals surface area contributed by atoms with Gasteiger partial charge in [0.15, 0.2) is 0 Å². The van der Waals surface area contributed by atoms with Gasteiger partial charge in [-0.25, -0.2) is 0 Å². The van der Waals surface area contributed by atoms with Gasteiger partial charge in [-0.2, -0.15) is 0 Å². The van der Waals surface area contributed by atoms with Crippen molar-refractivity contribution in [3.05, 3.63) is 87.9 Å². The van der Waals surface area contributed by atoms with E-state index >= 15 is 0 Å². The highest BCUT2D eigenvalue weighted by atomic mass is 79.9. The molecule has 0 saturated carbocycles. The van der Waals surface area contributed by atoms with Crippen LogP contribution >= 0.6 is 15.9 Å². The smallest absolute Gasteiger partial charge is 0.256 e. The van der Waals surface area contributed by atoms with Gasteiger partial charge in [0.1, 0.15) is 11.5 Å². The van der Waals surface area contributed by atoms with Crippen LogP contribution in [0.2, 0.25) is 0 Å². The van der Waals surface area contributed by atoms with Gasteiger partial charge < -0.3 is 20.1 Å². The van der Waals surface area contributed by atoms with E-state index in [0.717, 1.165) is 5.56 Å². The molecule has 0 bridgehead atoms. The quantitative estimate of drug-likeness (QED) is 0.529. The Morgan fingerprint density at radius 3 is 2.27 bits per heavy atom. The summed E-state index contributed by atoms with van der Waals surface area (Å²) < 4.78 is 11.2. The molecule has 0 aliphatic heterocycles. The van der Waals surface area contributed by atoms with Crippen LogP contribution in [-0.2, 0) is 6.54 Å². The summed E-state index contributed by atoms with van der Waals surface area (Å²) in [5.74, 6) is 0.669. The molecule has 0 heterocycles. The monoisotopic (exact) mass is 468 g/mol. The highest BCUT2D eigenvalue weighted by Crippen LogP contribution is 2.25. The van der Waals surface area contributed by atoms with Crippen molar-refractivity contribution in [1.82, 2.24) is 5.32 Å². The molecule has 0 aliphatic carbocycles. The van der Waals surface area contributed by atoms with Crippen molar-refractivity contribution in [3.8, 4) is 11.5 Å². The molecule has 0 saturated heterocycles. The summed E-state index contributed by atoms with van der Waals surface area (Å²) in [4.78, 5) is 25.4. The Hall–Kier alpha value is -3.32. The maximum absolute atomic E-state index is 12.8. The first-order chi connectivity index (χ1) is 14.5. The zero-order chi connectivity index (χ0) is 21.5. The van der Waals surface area contributed by atoms with Gasteiger partial charge in [-0.05, 0) is 52.3 Å². The fourth-order valence-electron chi connectivity index (χ4n) is 2.89. The summed E-state index contributed by atoms with van der Waals surface area (Å²) in [6, 6.07) is 19.4. The number of halogens is 1. The molecule has 2 amide bonds. The maximum Gasteiger partial charge on any atom is 0.256 e. The molecule has 0 spiro atoms. The van der Waals surface area contributed by atoms with Crippen LogP contribution < -0.4 is 20.1 Å². The average Bonchev–Trinajstić information content (AvgIpc) is 2.77. The zero-order valence-corrected chi connectivity index (χ0v) is 18.2. The van der Waals surface area contributed by atoms with Crippen LogP contribution in [0.1, 0.15) is 26.3 Å². The van der Waals surface area contributed by atoms with Crippen molar-refractivity contribution >= 4 is 33.4 Å². The Kier molecular flexibility index (Phi) is 7.08. The third kappa shape index (κ3) is 4.99.